The molecular weight excluding hydrogens is 198 g/mol. The first kappa shape index (κ1) is 9.91. The Labute approximate surface area is 95.6 Å². The van der Waals surface area contributed by atoms with Gasteiger partial charge in [-0.3, -0.25) is 0 Å². The summed E-state index contributed by atoms with van der Waals surface area (Å²) in [6.07, 6.45) is 3.28. The molecule has 1 aromatic carbocycles. The van der Waals surface area contributed by atoms with Gasteiger partial charge in [-0.05, 0) is 25.5 Å². The minimum Gasteiger partial charge on any atom is -0.461 e. The quantitative estimate of drug-likeness (QED) is 0.791. The third-order valence-electron chi connectivity index (χ3n) is 3.51. The fourth-order valence-corrected chi connectivity index (χ4v) is 2.57. The maximum atomic E-state index is 5.96. The maximum absolute atomic E-state index is 5.96. The summed E-state index contributed by atoms with van der Waals surface area (Å²) in [4.78, 5) is 0. The molecule has 0 fully saturated rings. The second-order valence-electron chi connectivity index (χ2n) is 4.51. The van der Waals surface area contributed by atoms with E-state index in [-0.39, 0.29) is 0 Å². The van der Waals surface area contributed by atoms with Gasteiger partial charge < -0.3 is 9.73 Å². The van der Waals surface area contributed by atoms with E-state index < -0.39 is 0 Å². The van der Waals surface area contributed by atoms with E-state index >= 15 is 0 Å². The lowest BCUT2D eigenvalue weighted by Crippen LogP contribution is -2.29. The van der Waals surface area contributed by atoms with Gasteiger partial charge in [0.25, 0.3) is 0 Å². The molecule has 3 rings (SSSR count). The smallest absolute Gasteiger partial charge is 0.134 e. The van der Waals surface area contributed by atoms with Crippen molar-refractivity contribution >= 4 is 11.0 Å². The molecule has 0 aliphatic carbocycles. The molecule has 0 spiro atoms. The van der Waals surface area contributed by atoms with Crippen molar-refractivity contribution in [2.75, 3.05) is 6.54 Å². The Morgan fingerprint density at radius 3 is 3.12 bits per heavy atom. The van der Waals surface area contributed by atoms with Crippen LogP contribution in [0.2, 0.25) is 0 Å². The molecule has 0 amide bonds. The van der Waals surface area contributed by atoms with Gasteiger partial charge >= 0.3 is 0 Å². The van der Waals surface area contributed by atoms with E-state index in [1.54, 1.807) is 0 Å². The largest absolute Gasteiger partial charge is 0.461 e. The molecule has 1 aromatic heterocycles. The van der Waals surface area contributed by atoms with E-state index in [1.807, 2.05) is 6.07 Å². The lowest BCUT2D eigenvalue weighted by atomic mass is 10.1. The van der Waals surface area contributed by atoms with Crippen LogP contribution in [0.25, 0.3) is 11.0 Å². The molecule has 0 saturated carbocycles. The Morgan fingerprint density at radius 2 is 2.25 bits per heavy atom. The van der Waals surface area contributed by atoms with Crippen molar-refractivity contribution in [2.24, 2.45) is 0 Å². The third kappa shape index (κ3) is 1.54. The molecule has 84 valence electrons. The van der Waals surface area contributed by atoms with Gasteiger partial charge in [-0.25, -0.2) is 0 Å². The summed E-state index contributed by atoms with van der Waals surface area (Å²) < 4.78 is 5.96. The van der Waals surface area contributed by atoms with Gasteiger partial charge in [-0.2, -0.15) is 0 Å². The molecule has 2 heteroatoms. The SMILES string of the molecule is CCC1Cc2oc3ccccc3c2CCN1. The van der Waals surface area contributed by atoms with Gasteiger partial charge in [0, 0.05) is 23.4 Å². The molecule has 0 radical (unpaired) electrons. The summed E-state index contributed by atoms with van der Waals surface area (Å²) in [5, 5.41) is 4.87. The van der Waals surface area contributed by atoms with Gasteiger partial charge in [-0.15, -0.1) is 0 Å². The van der Waals surface area contributed by atoms with E-state index in [0.29, 0.717) is 6.04 Å². The lowest BCUT2D eigenvalue weighted by molar-refractivity contribution is 0.464. The summed E-state index contributed by atoms with van der Waals surface area (Å²) in [5.74, 6) is 1.19. The molecule has 1 aliphatic heterocycles. The number of fused-ring (bicyclic) bond motifs is 3. The maximum Gasteiger partial charge on any atom is 0.134 e. The Hall–Kier alpha value is -1.28. The summed E-state index contributed by atoms with van der Waals surface area (Å²) >= 11 is 0. The Bertz CT molecular complexity index is 500. The number of benzene rings is 1. The fourth-order valence-electron chi connectivity index (χ4n) is 2.57. The van der Waals surface area contributed by atoms with Crippen LogP contribution >= 0.6 is 0 Å². The van der Waals surface area contributed by atoms with E-state index in [4.69, 9.17) is 4.42 Å². The first-order valence-electron chi connectivity index (χ1n) is 6.11. The Morgan fingerprint density at radius 1 is 1.38 bits per heavy atom. The zero-order valence-electron chi connectivity index (χ0n) is 9.62. The fraction of sp³-hybridized carbons (Fsp3) is 0.429. The predicted octanol–water partition coefficient (Wildman–Crippen LogP) is 2.90. The average molecular weight is 215 g/mol. The van der Waals surface area contributed by atoms with Crippen LogP contribution in [0.4, 0.5) is 0 Å². The summed E-state index contributed by atoms with van der Waals surface area (Å²) in [6.45, 7) is 3.29. The van der Waals surface area contributed by atoms with E-state index in [9.17, 15) is 0 Å². The normalized spacial score (nSPS) is 20.7. The lowest BCUT2D eigenvalue weighted by Gasteiger charge is -2.11. The predicted molar refractivity (Wildman–Crippen MR) is 65.7 cm³/mol. The van der Waals surface area contributed by atoms with Crippen LogP contribution in [0.1, 0.15) is 24.7 Å². The average Bonchev–Trinajstić information content (AvgIpc) is 2.54. The first-order chi connectivity index (χ1) is 7.88. The summed E-state index contributed by atoms with van der Waals surface area (Å²) in [5.41, 5.74) is 2.46. The van der Waals surface area contributed by atoms with Crippen molar-refractivity contribution in [3.8, 4) is 0 Å². The minimum absolute atomic E-state index is 0.571. The number of para-hydroxylation sites is 1. The van der Waals surface area contributed by atoms with Gasteiger partial charge in [0.05, 0.1) is 0 Å². The molecule has 1 aliphatic rings. The van der Waals surface area contributed by atoms with Crippen LogP contribution < -0.4 is 5.32 Å². The van der Waals surface area contributed by atoms with E-state index in [2.05, 4.69) is 30.4 Å². The zero-order chi connectivity index (χ0) is 11.0. The number of nitrogens with one attached hydrogen (secondary N) is 1. The second-order valence-corrected chi connectivity index (χ2v) is 4.51. The van der Waals surface area contributed by atoms with Crippen LogP contribution in [-0.4, -0.2) is 12.6 Å². The zero-order valence-corrected chi connectivity index (χ0v) is 9.62. The molecule has 1 N–H and O–H groups in total. The summed E-state index contributed by atoms with van der Waals surface area (Å²) in [6, 6.07) is 8.94. The van der Waals surface area contributed by atoms with Crippen LogP contribution in [0.3, 0.4) is 0 Å². The minimum atomic E-state index is 0.571. The summed E-state index contributed by atoms with van der Waals surface area (Å²) in [7, 11) is 0. The molecular formula is C14H17NO. The number of hydrogen-bond donors (Lipinski definition) is 1. The van der Waals surface area contributed by atoms with Crippen molar-refractivity contribution in [3.63, 3.8) is 0 Å². The van der Waals surface area contributed by atoms with Crippen molar-refractivity contribution in [1.82, 2.24) is 5.32 Å². The molecule has 16 heavy (non-hydrogen) atoms. The number of hydrogen-bond acceptors (Lipinski definition) is 2. The molecule has 2 nitrogen and oxygen atoms in total. The first-order valence-corrected chi connectivity index (χ1v) is 6.11. The molecule has 0 bridgehead atoms. The molecule has 0 saturated heterocycles. The van der Waals surface area contributed by atoms with Crippen molar-refractivity contribution in [1.29, 1.82) is 0 Å². The van der Waals surface area contributed by atoms with Gasteiger partial charge in [0.15, 0.2) is 0 Å². The van der Waals surface area contributed by atoms with E-state index in [1.165, 1.54) is 16.7 Å². The highest BCUT2D eigenvalue weighted by molar-refractivity contribution is 5.82. The van der Waals surface area contributed by atoms with Crippen LogP contribution in [0.5, 0.6) is 0 Å². The Kier molecular flexibility index (Phi) is 2.44. The van der Waals surface area contributed by atoms with Gasteiger partial charge in [0.2, 0.25) is 0 Å². The van der Waals surface area contributed by atoms with E-state index in [0.717, 1.165) is 31.4 Å². The van der Waals surface area contributed by atoms with Crippen molar-refractivity contribution in [3.05, 3.63) is 35.6 Å². The second kappa shape index (κ2) is 3.95. The number of rotatable bonds is 1. The van der Waals surface area contributed by atoms with Crippen LogP contribution in [0.15, 0.2) is 28.7 Å². The van der Waals surface area contributed by atoms with Crippen LogP contribution in [-0.2, 0) is 12.8 Å². The third-order valence-corrected chi connectivity index (χ3v) is 3.51. The van der Waals surface area contributed by atoms with Crippen LogP contribution in [0, 0.1) is 0 Å². The topological polar surface area (TPSA) is 25.2 Å². The van der Waals surface area contributed by atoms with Gasteiger partial charge in [-0.1, -0.05) is 25.1 Å². The van der Waals surface area contributed by atoms with Crippen molar-refractivity contribution < 1.29 is 4.42 Å². The molecule has 2 aromatic rings. The molecule has 1 unspecified atom stereocenters. The molecule has 2 heterocycles. The highest BCUT2D eigenvalue weighted by Gasteiger charge is 2.20. The van der Waals surface area contributed by atoms with Gasteiger partial charge in [0.1, 0.15) is 11.3 Å². The van der Waals surface area contributed by atoms with Crippen molar-refractivity contribution in [2.45, 2.75) is 32.2 Å². The standard InChI is InChI=1S/C14H17NO/c1-2-10-9-14-12(7-8-15-10)11-5-3-4-6-13(11)16-14/h3-6,10,15H,2,7-9H2,1H3. The Balaban J connectivity index is 2.10. The monoisotopic (exact) mass is 215 g/mol. The highest BCUT2D eigenvalue weighted by Crippen LogP contribution is 2.28. The number of furan rings is 1. The molecule has 1 atom stereocenters. The highest BCUT2D eigenvalue weighted by atomic mass is 16.3.